The van der Waals surface area contributed by atoms with Crippen molar-refractivity contribution in [3.05, 3.63) is 0 Å². The normalized spacial score (nSPS) is 24.4. The van der Waals surface area contributed by atoms with E-state index in [-0.39, 0.29) is 6.42 Å². The average molecular weight is 565 g/mol. The van der Waals surface area contributed by atoms with Crippen molar-refractivity contribution in [2.75, 3.05) is 0 Å². The molecular formula is C21H47F3O6Si4. The van der Waals surface area contributed by atoms with Crippen LogP contribution in [0.4, 0.5) is 13.2 Å². The van der Waals surface area contributed by atoms with Gasteiger partial charge in [-0.1, -0.05) is 27.2 Å². The first-order chi connectivity index (χ1) is 14.7. The van der Waals surface area contributed by atoms with Crippen LogP contribution < -0.4 is 0 Å². The minimum Gasteiger partial charge on any atom is -0.459 e. The van der Waals surface area contributed by atoms with Gasteiger partial charge in [-0.25, -0.2) is 0 Å². The number of hydrogen-bond donors (Lipinski definition) is 0. The van der Waals surface area contributed by atoms with Gasteiger partial charge in [0.05, 0.1) is 0 Å². The van der Waals surface area contributed by atoms with Crippen LogP contribution in [0.2, 0.25) is 51.4 Å². The standard InChI is InChI=1S/C11H30O4Si4.C10H17F3O2/c1-10-11(2)19(9)14-17(5,6)12-16(3,4)13-18(7,8)15-19;1-6-9(5,10(11,12)13)7(14)15-8(2,3)4/h11H,10H2,1-9H3;6H2,1-5H3. The van der Waals surface area contributed by atoms with Gasteiger partial charge in [-0.2, -0.15) is 13.2 Å². The van der Waals surface area contributed by atoms with Gasteiger partial charge in [0.2, 0.25) is 0 Å². The highest BCUT2D eigenvalue weighted by atomic mass is 28.5. The number of carbonyl (C=O) groups is 1. The fourth-order valence-electron chi connectivity index (χ4n) is 3.67. The lowest BCUT2D eigenvalue weighted by Gasteiger charge is -2.49. The minimum atomic E-state index is -4.58. The molecule has 1 saturated heterocycles. The highest BCUT2D eigenvalue weighted by molar-refractivity contribution is 6.93. The maximum atomic E-state index is 12.6. The summed E-state index contributed by atoms with van der Waals surface area (Å²) in [7, 11) is -8.80. The number of alkyl halides is 3. The Morgan fingerprint density at radius 1 is 0.794 bits per heavy atom. The van der Waals surface area contributed by atoms with E-state index in [1.165, 1.54) is 27.7 Å². The van der Waals surface area contributed by atoms with E-state index in [1.54, 1.807) is 0 Å². The summed E-state index contributed by atoms with van der Waals surface area (Å²) >= 11 is 0. The van der Waals surface area contributed by atoms with Crippen LogP contribution in [0.5, 0.6) is 0 Å². The van der Waals surface area contributed by atoms with Crippen molar-refractivity contribution in [3.63, 3.8) is 0 Å². The maximum absolute atomic E-state index is 12.6. The van der Waals surface area contributed by atoms with Gasteiger partial charge >= 0.3 is 46.4 Å². The molecular weight excluding hydrogens is 518 g/mol. The van der Waals surface area contributed by atoms with Crippen molar-refractivity contribution in [1.29, 1.82) is 0 Å². The van der Waals surface area contributed by atoms with Gasteiger partial charge in [0, 0.05) is 0 Å². The molecule has 6 nitrogen and oxygen atoms in total. The molecule has 0 spiro atoms. The zero-order valence-electron chi connectivity index (χ0n) is 23.6. The Morgan fingerprint density at radius 3 is 1.41 bits per heavy atom. The summed E-state index contributed by atoms with van der Waals surface area (Å²) in [5, 5.41) is 0. The van der Waals surface area contributed by atoms with Crippen LogP contribution in [0.3, 0.4) is 0 Å². The summed E-state index contributed by atoms with van der Waals surface area (Å²) in [4.78, 5) is 11.4. The van der Waals surface area contributed by atoms with Crippen molar-refractivity contribution >= 4 is 40.2 Å². The third kappa shape index (κ3) is 10.1. The smallest absolute Gasteiger partial charge is 0.404 e. The van der Waals surface area contributed by atoms with Gasteiger partial charge in [0.25, 0.3) is 0 Å². The SMILES string of the molecule is CCC(C)(C(=O)OC(C)(C)C)C(F)(F)F.CCC(C)[Si]1(C)O[Si](C)(C)O[Si](C)(C)O[Si](C)(C)O1. The number of halogens is 3. The Labute approximate surface area is 209 Å². The van der Waals surface area contributed by atoms with E-state index >= 15 is 0 Å². The molecule has 0 aromatic rings. The zero-order valence-corrected chi connectivity index (χ0v) is 27.6. The van der Waals surface area contributed by atoms with Crippen molar-refractivity contribution < 1.29 is 39.2 Å². The molecule has 0 N–H and O–H groups in total. The fraction of sp³-hybridized carbons (Fsp3) is 0.952. The predicted octanol–water partition coefficient (Wildman–Crippen LogP) is 7.35. The van der Waals surface area contributed by atoms with Crippen molar-refractivity contribution in [3.8, 4) is 0 Å². The molecule has 1 aliphatic rings. The molecule has 13 heteroatoms. The first-order valence-electron chi connectivity index (χ1n) is 11.9. The fourth-order valence-corrected chi connectivity index (χ4v) is 25.5. The lowest BCUT2D eigenvalue weighted by molar-refractivity contribution is -0.236. The Kier molecular flexibility index (Phi) is 11.1. The van der Waals surface area contributed by atoms with E-state index in [4.69, 9.17) is 21.2 Å². The summed E-state index contributed by atoms with van der Waals surface area (Å²) in [6, 6.07) is 0. The van der Waals surface area contributed by atoms with Gasteiger partial charge in [0.1, 0.15) is 5.60 Å². The second-order valence-corrected chi connectivity index (χ2v) is 26.3. The van der Waals surface area contributed by atoms with Crippen molar-refractivity contribution in [2.45, 2.75) is 124 Å². The number of ether oxygens (including phenoxy) is 1. The molecule has 0 aliphatic carbocycles. The van der Waals surface area contributed by atoms with E-state index in [0.29, 0.717) is 5.54 Å². The van der Waals surface area contributed by atoms with Gasteiger partial charge in [-0.05, 0) is 85.5 Å². The molecule has 0 amide bonds. The van der Waals surface area contributed by atoms with Gasteiger partial charge in [-0.15, -0.1) is 0 Å². The summed E-state index contributed by atoms with van der Waals surface area (Å²) in [5.41, 5.74) is -2.87. The Bertz CT molecular complexity index is 673. The summed E-state index contributed by atoms with van der Waals surface area (Å²) in [5.74, 6) is -1.22. The van der Waals surface area contributed by atoms with Crippen LogP contribution in [0.1, 0.15) is 61.3 Å². The van der Waals surface area contributed by atoms with Crippen LogP contribution >= 0.6 is 0 Å². The zero-order chi connectivity index (χ0) is 27.6. The van der Waals surface area contributed by atoms with Gasteiger partial charge in [0.15, 0.2) is 5.41 Å². The van der Waals surface area contributed by atoms with Gasteiger partial charge < -0.3 is 21.2 Å². The molecule has 0 aromatic carbocycles. The summed E-state index contributed by atoms with van der Waals surface area (Å²) in [6.45, 7) is 26.0. The van der Waals surface area contributed by atoms with Crippen LogP contribution in [-0.4, -0.2) is 52.0 Å². The first-order valence-corrected chi connectivity index (χ1v) is 22.7. The quantitative estimate of drug-likeness (QED) is 0.263. The summed E-state index contributed by atoms with van der Waals surface area (Å²) < 4.78 is 68.3. The lowest BCUT2D eigenvalue weighted by atomic mass is 9.86. The summed E-state index contributed by atoms with van der Waals surface area (Å²) in [6.07, 6.45) is -3.84. The van der Waals surface area contributed by atoms with E-state index in [0.717, 1.165) is 13.3 Å². The van der Waals surface area contributed by atoms with Crippen molar-refractivity contribution in [1.82, 2.24) is 0 Å². The Balaban J connectivity index is 0.000000661. The first kappa shape index (κ1) is 34.0. The van der Waals surface area contributed by atoms with Gasteiger partial charge in [-0.3, -0.25) is 4.79 Å². The third-order valence-corrected chi connectivity index (χ3v) is 22.8. The molecule has 1 fully saturated rings. The lowest BCUT2D eigenvalue weighted by Crippen LogP contribution is -2.66. The van der Waals surface area contributed by atoms with Crippen LogP contribution in [-0.2, 0) is 26.0 Å². The molecule has 0 saturated carbocycles. The topological polar surface area (TPSA) is 63.2 Å². The highest BCUT2D eigenvalue weighted by Gasteiger charge is 2.57. The average Bonchev–Trinajstić information content (AvgIpc) is 2.53. The number of rotatable bonds is 4. The molecule has 34 heavy (non-hydrogen) atoms. The van der Waals surface area contributed by atoms with E-state index in [9.17, 15) is 18.0 Å². The Morgan fingerprint density at radius 2 is 1.15 bits per heavy atom. The van der Waals surface area contributed by atoms with E-state index in [1.807, 2.05) is 0 Å². The largest absolute Gasteiger partial charge is 0.459 e. The number of hydrogen-bond acceptors (Lipinski definition) is 6. The second-order valence-electron chi connectivity index (χ2n) is 11.6. The monoisotopic (exact) mass is 564 g/mol. The maximum Gasteiger partial charge on any atom is 0.404 e. The molecule has 1 heterocycles. The highest BCUT2D eigenvalue weighted by Crippen LogP contribution is 2.42. The predicted molar refractivity (Wildman–Crippen MR) is 138 cm³/mol. The second kappa shape index (κ2) is 11.2. The third-order valence-electron chi connectivity index (χ3n) is 5.57. The van der Waals surface area contributed by atoms with Crippen LogP contribution in [0.15, 0.2) is 0 Å². The number of esters is 1. The van der Waals surface area contributed by atoms with Crippen molar-refractivity contribution in [2.24, 2.45) is 5.41 Å². The van der Waals surface area contributed by atoms with Crippen LogP contribution in [0.25, 0.3) is 0 Å². The van der Waals surface area contributed by atoms with Crippen LogP contribution in [0, 0.1) is 5.41 Å². The van der Waals surface area contributed by atoms with E-state index < -0.39 is 57.4 Å². The molecule has 0 aromatic heterocycles. The van der Waals surface area contributed by atoms with E-state index in [2.05, 4.69) is 59.7 Å². The molecule has 0 bridgehead atoms. The molecule has 0 radical (unpaired) electrons. The molecule has 2 atom stereocenters. The minimum absolute atomic E-state index is 0.328. The molecule has 2 unspecified atom stereocenters. The Hall–Kier alpha value is -0.0325. The number of carbonyl (C=O) groups excluding carboxylic acids is 1. The molecule has 1 rings (SSSR count). The molecule has 204 valence electrons. The molecule has 1 aliphatic heterocycles.